The molecule has 11 heavy (non-hydrogen) atoms. The maximum absolute atomic E-state index is 3.32. The molecule has 1 unspecified atom stereocenters. The van der Waals surface area contributed by atoms with Gasteiger partial charge in [-0.25, -0.2) is 5.01 Å². The minimum atomic E-state index is 0.806. The first-order chi connectivity index (χ1) is 5.24. The maximum atomic E-state index is 3.32. The molecule has 0 spiro atoms. The van der Waals surface area contributed by atoms with Crippen LogP contribution >= 0.6 is 0 Å². The molecule has 3 rings (SSSR count). The first-order valence-electron chi connectivity index (χ1n) is 4.69. The number of hydrogen-bond donors (Lipinski definition) is 1. The topological polar surface area (TPSA) is 15.3 Å². The number of rotatable bonds is 2. The smallest absolute Gasteiger partial charge is 0.0298 e. The largest absolute Gasteiger partial charge is 0.258 e. The molecule has 0 amide bonds. The highest BCUT2D eigenvalue weighted by Crippen LogP contribution is 2.46. The fourth-order valence-corrected chi connectivity index (χ4v) is 2.80. The van der Waals surface area contributed by atoms with Crippen LogP contribution in [0.1, 0.15) is 26.7 Å². The van der Waals surface area contributed by atoms with Crippen molar-refractivity contribution < 1.29 is 0 Å². The van der Waals surface area contributed by atoms with Gasteiger partial charge in [0.25, 0.3) is 0 Å². The van der Waals surface area contributed by atoms with E-state index in [-0.39, 0.29) is 0 Å². The molecule has 3 aliphatic rings. The second-order valence-corrected chi connectivity index (χ2v) is 4.25. The normalized spacial score (nSPS) is 43.1. The molecule has 0 radical (unpaired) electrons. The van der Waals surface area contributed by atoms with E-state index >= 15 is 0 Å². The van der Waals surface area contributed by atoms with Crippen LogP contribution in [0.4, 0.5) is 0 Å². The number of nitrogens with one attached hydrogen (secondary N) is 1. The number of hydrogen-bond acceptors (Lipinski definition) is 2. The van der Waals surface area contributed by atoms with Gasteiger partial charge in [-0.2, -0.15) is 0 Å². The molecule has 2 heteroatoms. The second-order valence-electron chi connectivity index (χ2n) is 4.25. The Morgan fingerprint density at radius 1 is 1.36 bits per heavy atom. The van der Waals surface area contributed by atoms with Gasteiger partial charge in [0.2, 0.25) is 0 Å². The summed E-state index contributed by atoms with van der Waals surface area (Å²) in [5.41, 5.74) is 3.32. The molecule has 2 nitrogen and oxygen atoms in total. The second kappa shape index (κ2) is 2.46. The van der Waals surface area contributed by atoms with E-state index < -0.39 is 0 Å². The van der Waals surface area contributed by atoms with Crippen molar-refractivity contribution in [2.75, 3.05) is 7.05 Å². The molecule has 2 saturated heterocycles. The van der Waals surface area contributed by atoms with Crippen LogP contribution in [-0.2, 0) is 0 Å². The molecule has 64 valence electrons. The van der Waals surface area contributed by atoms with E-state index in [1.807, 2.05) is 0 Å². The lowest BCUT2D eigenvalue weighted by Crippen LogP contribution is -2.43. The van der Waals surface area contributed by atoms with Crippen molar-refractivity contribution in [2.24, 2.45) is 11.8 Å². The van der Waals surface area contributed by atoms with Gasteiger partial charge in [-0.3, -0.25) is 5.43 Å². The minimum absolute atomic E-state index is 0.806. The van der Waals surface area contributed by atoms with Gasteiger partial charge >= 0.3 is 0 Å². The SMILES string of the molecule is CNN1C2CC(C2)C1C(C)C. The van der Waals surface area contributed by atoms with Crippen molar-refractivity contribution in [3.8, 4) is 0 Å². The molecule has 1 atom stereocenters. The zero-order valence-electron chi connectivity index (χ0n) is 7.67. The van der Waals surface area contributed by atoms with Crippen LogP contribution in [0.3, 0.4) is 0 Å². The van der Waals surface area contributed by atoms with E-state index in [1.54, 1.807) is 0 Å². The van der Waals surface area contributed by atoms with Crippen LogP contribution < -0.4 is 5.43 Å². The van der Waals surface area contributed by atoms with Crippen molar-refractivity contribution in [1.29, 1.82) is 0 Å². The van der Waals surface area contributed by atoms with Gasteiger partial charge in [0, 0.05) is 12.1 Å². The van der Waals surface area contributed by atoms with E-state index in [0.29, 0.717) is 0 Å². The molecule has 0 aromatic heterocycles. The van der Waals surface area contributed by atoms with E-state index in [2.05, 4.69) is 31.3 Å². The van der Waals surface area contributed by atoms with Gasteiger partial charge in [0.05, 0.1) is 0 Å². The van der Waals surface area contributed by atoms with E-state index in [1.165, 1.54) is 12.8 Å². The molecule has 0 aromatic rings. The first-order valence-corrected chi connectivity index (χ1v) is 4.69. The molecule has 2 bridgehead atoms. The van der Waals surface area contributed by atoms with Crippen molar-refractivity contribution >= 4 is 0 Å². The predicted octanol–water partition coefficient (Wildman–Crippen LogP) is 1.24. The highest BCUT2D eigenvalue weighted by Gasteiger charge is 2.50. The third-order valence-corrected chi connectivity index (χ3v) is 3.29. The van der Waals surface area contributed by atoms with Gasteiger partial charge < -0.3 is 0 Å². The third kappa shape index (κ3) is 0.926. The van der Waals surface area contributed by atoms with Gasteiger partial charge in [-0.15, -0.1) is 0 Å². The monoisotopic (exact) mass is 154 g/mol. The van der Waals surface area contributed by atoms with Crippen molar-refractivity contribution in [3.05, 3.63) is 0 Å². The Morgan fingerprint density at radius 3 is 2.36 bits per heavy atom. The Labute approximate surface area is 68.9 Å². The standard InChI is InChI=1S/C9H18N2/c1-6(2)9-7-4-8(5-7)11(9)10-3/h6-10H,4-5H2,1-3H3. The van der Waals surface area contributed by atoms with Crippen LogP contribution in [-0.4, -0.2) is 24.1 Å². The summed E-state index contributed by atoms with van der Waals surface area (Å²) in [5, 5.41) is 2.47. The average Bonchev–Trinajstić information content (AvgIpc) is 2.35. The molecule has 0 aromatic carbocycles. The Bertz CT molecular complexity index is 150. The zero-order valence-corrected chi connectivity index (χ0v) is 7.67. The lowest BCUT2D eigenvalue weighted by molar-refractivity contribution is 0.137. The number of nitrogens with zero attached hydrogens (tertiary/aromatic N) is 1. The molecule has 2 aliphatic heterocycles. The van der Waals surface area contributed by atoms with Gasteiger partial charge in [0.1, 0.15) is 0 Å². The van der Waals surface area contributed by atoms with Crippen LogP contribution in [0.2, 0.25) is 0 Å². The molecular weight excluding hydrogens is 136 g/mol. The summed E-state index contributed by atoms with van der Waals surface area (Å²) >= 11 is 0. The number of fused-ring (bicyclic) bond motifs is 1. The van der Waals surface area contributed by atoms with E-state index in [9.17, 15) is 0 Å². The summed E-state index contributed by atoms with van der Waals surface area (Å²) in [6, 6.07) is 1.67. The maximum Gasteiger partial charge on any atom is 0.0298 e. The molecular formula is C9H18N2. The summed E-state index contributed by atoms with van der Waals surface area (Å²) in [6.07, 6.45) is 2.87. The summed E-state index contributed by atoms with van der Waals surface area (Å²) in [7, 11) is 2.05. The third-order valence-electron chi connectivity index (χ3n) is 3.29. The van der Waals surface area contributed by atoms with Gasteiger partial charge in [-0.05, 0) is 31.7 Å². The van der Waals surface area contributed by atoms with Gasteiger partial charge in [0.15, 0.2) is 0 Å². The Kier molecular flexibility index (Phi) is 1.69. The van der Waals surface area contributed by atoms with E-state index in [4.69, 9.17) is 0 Å². The zero-order chi connectivity index (χ0) is 8.01. The Hall–Kier alpha value is -0.0800. The fraction of sp³-hybridized carbons (Fsp3) is 1.00. The highest BCUT2D eigenvalue weighted by molar-refractivity contribution is 5.03. The minimum Gasteiger partial charge on any atom is -0.258 e. The molecule has 3 fully saturated rings. The Balaban J connectivity index is 2.07. The predicted molar refractivity (Wildman–Crippen MR) is 46.0 cm³/mol. The lowest BCUT2D eigenvalue weighted by atomic mass is 9.80. The first kappa shape index (κ1) is 7.56. The Morgan fingerprint density at radius 2 is 2.00 bits per heavy atom. The fourth-order valence-electron chi connectivity index (χ4n) is 2.80. The molecule has 2 heterocycles. The summed E-state index contributed by atoms with van der Waals surface area (Å²) in [4.78, 5) is 0. The lowest BCUT2D eigenvalue weighted by Gasteiger charge is -2.26. The highest BCUT2D eigenvalue weighted by atomic mass is 15.6. The molecule has 1 N–H and O–H groups in total. The van der Waals surface area contributed by atoms with Gasteiger partial charge in [-0.1, -0.05) is 13.8 Å². The number of hydrazine groups is 1. The average molecular weight is 154 g/mol. The summed E-state index contributed by atoms with van der Waals surface area (Å²) in [5.74, 6) is 1.80. The van der Waals surface area contributed by atoms with Crippen LogP contribution in [0.25, 0.3) is 0 Å². The van der Waals surface area contributed by atoms with Crippen LogP contribution in [0.15, 0.2) is 0 Å². The van der Waals surface area contributed by atoms with Crippen molar-refractivity contribution in [2.45, 2.75) is 38.8 Å². The summed E-state index contributed by atoms with van der Waals surface area (Å²) < 4.78 is 0. The molecule has 1 saturated carbocycles. The summed E-state index contributed by atoms with van der Waals surface area (Å²) in [6.45, 7) is 4.66. The van der Waals surface area contributed by atoms with Crippen molar-refractivity contribution in [1.82, 2.24) is 10.4 Å². The van der Waals surface area contributed by atoms with Crippen LogP contribution in [0, 0.1) is 11.8 Å². The van der Waals surface area contributed by atoms with Crippen LogP contribution in [0.5, 0.6) is 0 Å². The van der Waals surface area contributed by atoms with Crippen molar-refractivity contribution in [3.63, 3.8) is 0 Å². The molecule has 1 aliphatic carbocycles. The quantitative estimate of drug-likeness (QED) is 0.643. The van der Waals surface area contributed by atoms with E-state index in [0.717, 1.165) is 23.9 Å².